The molecule has 0 unspecified atom stereocenters. The summed E-state index contributed by atoms with van der Waals surface area (Å²) < 4.78 is 0. The lowest BCUT2D eigenvalue weighted by Gasteiger charge is -2.01. The van der Waals surface area contributed by atoms with Gasteiger partial charge in [-0.15, -0.1) is 0 Å². The quantitative estimate of drug-likeness (QED) is 0.490. The van der Waals surface area contributed by atoms with Crippen molar-refractivity contribution >= 4 is 17.7 Å². The largest absolute Gasteiger partial charge is 0.352 e. The van der Waals surface area contributed by atoms with E-state index in [1.807, 2.05) is 6.26 Å². The zero-order chi connectivity index (χ0) is 7.98. The molecule has 0 spiro atoms. The molecule has 0 radical (unpaired) electrons. The molecule has 58 valence electrons. The molecule has 0 rings (SSSR count). The predicted octanol–water partition coefficient (Wildman–Crippen LogP) is 1.04. The van der Waals surface area contributed by atoms with E-state index in [1.165, 1.54) is 0 Å². The van der Waals surface area contributed by atoms with Crippen molar-refractivity contribution in [2.24, 2.45) is 0 Å². The van der Waals surface area contributed by atoms with Gasteiger partial charge in [-0.2, -0.15) is 11.8 Å². The van der Waals surface area contributed by atoms with Crippen molar-refractivity contribution in [2.75, 3.05) is 18.6 Å². The Balaban J connectivity index is 3.31. The lowest BCUT2D eigenvalue weighted by atomic mass is 10.3. The van der Waals surface area contributed by atoms with Crippen molar-refractivity contribution in [2.45, 2.75) is 6.92 Å². The summed E-state index contributed by atoms with van der Waals surface area (Å²) in [7, 11) is 0. The molecule has 0 fully saturated rings. The van der Waals surface area contributed by atoms with Gasteiger partial charge in [-0.05, 0) is 13.2 Å². The third-order valence-electron chi connectivity index (χ3n) is 0.979. The van der Waals surface area contributed by atoms with Gasteiger partial charge in [0.2, 0.25) is 5.91 Å². The van der Waals surface area contributed by atoms with Gasteiger partial charge in [0.1, 0.15) is 0 Å². The molecule has 0 aliphatic heterocycles. The first kappa shape index (κ1) is 9.56. The molecule has 1 amide bonds. The van der Waals surface area contributed by atoms with Crippen LogP contribution in [0.1, 0.15) is 6.92 Å². The van der Waals surface area contributed by atoms with E-state index < -0.39 is 0 Å². The van der Waals surface area contributed by atoms with Gasteiger partial charge in [0, 0.05) is 17.9 Å². The minimum absolute atomic E-state index is 0.0472. The summed E-state index contributed by atoms with van der Waals surface area (Å²) in [5.74, 6) is 0.910. The molecule has 0 aliphatic rings. The monoisotopic (exact) mass is 159 g/mol. The fourth-order valence-corrected chi connectivity index (χ4v) is 0.724. The molecule has 0 saturated heterocycles. The van der Waals surface area contributed by atoms with E-state index >= 15 is 0 Å². The molecule has 3 heteroatoms. The molecule has 0 aromatic heterocycles. The summed E-state index contributed by atoms with van der Waals surface area (Å²) in [5.41, 5.74) is 0.570. The van der Waals surface area contributed by atoms with Gasteiger partial charge in [0.25, 0.3) is 0 Å². The summed E-state index contributed by atoms with van der Waals surface area (Å²) in [6.07, 6.45) is 2.01. The zero-order valence-electron chi connectivity index (χ0n) is 6.44. The van der Waals surface area contributed by atoms with E-state index in [9.17, 15) is 4.79 Å². The summed E-state index contributed by atoms with van der Waals surface area (Å²) in [4.78, 5) is 10.8. The molecule has 0 heterocycles. The Hall–Kier alpha value is -0.440. The predicted molar refractivity (Wildman–Crippen MR) is 46.2 cm³/mol. The Kier molecular flexibility index (Phi) is 5.12. The van der Waals surface area contributed by atoms with E-state index in [0.29, 0.717) is 5.57 Å². The first-order chi connectivity index (χ1) is 4.68. The van der Waals surface area contributed by atoms with Crippen LogP contribution in [0.15, 0.2) is 12.2 Å². The van der Waals surface area contributed by atoms with Gasteiger partial charge in [-0.25, -0.2) is 0 Å². The van der Waals surface area contributed by atoms with Crippen LogP contribution in [-0.2, 0) is 4.79 Å². The molecule has 0 aromatic rings. The van der Waals surface area contributed by atoms with Crippen molar-refractivity contribution in [1.29, 1.82) is 0 Å². The van der Waals surface area contributed by atoms with Gasteiger partial charge in [-0.1, -0.05) is 6.58 Å². The van der Waals surface area contributed by atoms with Crippen LogP contribution in [0.5, 0.6) is 0 Å². The summed E-state index contributed by atoms with van der Waals surface area (Å²) in [6, 6.07) is 0. The fraction of sp³-hybridized carbons (Fsp3) is 0.571. The van der Waals surface area contributed by atoms with Crippen molar-refractivity contribution in [3.8, 4) is 0 Å². The van der Waals surface area contributed by atoms with Crippen molar-refractivity contribution in [1.82, 2.24) is 5.32 Å². The topological polar surface area (TPSA) is 29.1 Å². The maximum Gasteiger partial charge on any atom is 0.246 e. The molecule has 0 saturated carbocycles. The van der Waals surface area contributed by atoms with Gasteiger partial charge in [0.15, 0.2) is 0 Å². The van der Waals surface area contributed by atoms with E-state index in [0.717, 1.165) is 12.3 Å². The Morgan fingerprint density at radius 2 is 2.30 bits per heavy atom. The van der Waals surface area contributed by atoms with Gasteiger partial charge < -0.3 is 5.32 Å². The van der Waals surface area contributed by atoms with Crippen LogP contribution in [0.4, 0.5) is 0 Å². The highest BCUT2D eigenvalue weighted by Crippen LogP contribution is 1.89. The fourth-order valence-electron chi connectivity index (χ4n) is 0.418. The molecule has 10 heavy (non-hydrogen) atoms. The number of carbonyl (C=O) groups excluding carboxylic acids is 1. The summed E-state index contributed by atoms with van der Waals surface area (Å²) in [6.45, 7) is 5.95. The maximum absolute atomic E-state index is 10.8. The van der Waals surface area contributed by atoms with Gasteiger partial charge >= 0.3 is 0 Å². The zero-order valence-corrected chi connectivity index (χ0v) is 7.25. The first-order valence-electron chi connectivity index (χ1n) is 3.11. The van der Waals surface area contributed by atoms with E-state index in [-0.39, 0.29) is 5.91 Å². The molecule has 0 aliphatic carbocycles. The van der Waals surface area contributed by atoms with Gasteiger partial charge in [-0.3, -0.25) is 4.79 Å². The maximum atomic E-state index is 10.8. The van der Waals surface area contributed by atoms with Crippen LogP contribution in [0.25, 0.3) is 0 Å². The van der Waals surface area contributed by atoms with E-state index in [1.54, 1.807) is 18.7 Å². The van der Waals surface area contributed by atoms with Crippen LogP contribution in [0.2, 0.25) is 0 Å². The van der Waals surface area contributed by atoms with Gasteiger partial charge in [0.05, 0.1) is 0 Å². The third kappa shape index (κ3) is 4.44. The highest BCUT2D eigenvalue weighted by molar-refractivity contribution is 7.98. The normalized spacial score (nSPS) is 9.00. The Labute approximate surface area is 66.1 Å². The molecule has 0 bridgehead atoms. The van der Waals surface area contributed by atoms with Crippen LogP contribution in [0.3, 0.4) is 0 Å². The minimum atomic E-state index is -0.0472. The second kappa shape index (κ2) is 5.35. The lowest BCUT2D eigenvalue weighted by molar-refractivity contribution is -0.117. The second-order valence-corrected chi connectivity index (χ2v) is 3.01. The van der Waals surface area contributed by atoms with Crippen molar-refractivity contribution in [3.63, 3.8) is 0 Å². The van der Waals surface area contributed by atoms with Crippen molar-refractivity contribution in [3.05, 3.63) is 12.2 Å². The molecule has 0 aromatic carbocycles. The average Bonchev–Trinajstić information content (AvgIpc) is 1.88. The second-order valence-electron chi connectivity index (χ2n) is 2.03. The molecule has 0 atom stereocenters. The molecule has 2 nitrogen and oxygen atoms in total. The number of amides is 1. The number of hydrogen-bond acceptors (Lipinski definition) is 2. The Morgan fingerprint density at radius 3 is 2.70 bits per heavy atom. The summed E-state index contributed by atoms with van der Waals surface area (Å²) in [5, 5.41) is 2.72. The highest BCUT2D eigenvalue weighted by atomic mass is 32.2. The van der Waals surface area contributed by atoms with Crippen LogP contribution in [-0.4, -0.2) is 24.5 Å². The van der Waals surface area contributed by atoms with Crippen LogP contribution < -0.4 is 5.32 Å². The van der Waals surface area contributed by atoms with Crippen LogP contribution in [0, 0.1) is 0 Å². The first-order valence-corrected chi connectivity index (χ1v) is 4.50. The number of nitrogens with one attached hydrogen (secondary N) is 1. The number of hydrogen-bond donors (Lipinski definition) is 1. The summed E-state index contributed by atoms with van der Waals surface area (Å²) >= 11 is 1.71. The van der Waals surface area contributed by atoms with E-state index in [4.69, 9.17) is 0 Å². The average molecular weight is 159 g/mol. The SMILES string of the molecule is C=C(C)C(=O)NCCSC. The number of carbonyl (C=O) groups is 1. The highest BCUT2D eigenvalue weighted by Gasteiger charge is 1.97. The van der Waals surface area contributed by atoms with Crippen molar-refractivity contribution < 1.29 is 4.79 Å². The van der Waals surface area contributed by atoms with E-state index in [2.05, 4.69) is 11.9 Å². The van der Waals surface area contributed by atoms with Crippen LogP contribution >= 0.6 is 11.8 Å². The Bertz CT molecular complexity index is 134. The third-order valence-corrected chi connectivity index (χ3v) is 1.59. The molecular weight excluding hydrogens is 146 g/mol. The number of thioether (sulfide) groups is 1. The smallest absolute Gasteiger partial charge is 0.246 e. The lowest BCUT2D eigenvalue weighted by Crippen LogP contribution is -2.25. The molecular formula is C7H13NOS. The molecule has 1 N–H and O–H groups in total. The standard InChI is InChI=1S/C7H13NOS/c1-6(2)7(9)8-4-5-10-3/h1,4-5H2,2-3H3,(H,8,9). The number of rotatable bonds is 4. The minimum Gasteiger partial charge on any atom is -0.352 e. The Morgan fingerprint density at radius 1 is 1.70 bits per heavy atom.